The molecule has 0 radical (unpaired) electrons. The monoisotopic (exact) mass is 291 g/mol. The number of hydrogen-bond donors (Lipinski definition) is 1. The predicted octanol–water partition coefficient (Wildman–Crippen LogP) is 3.68. The molecule has 1 aliphatic rings. The van der Waals surface area contributed by atoms with Crippen LogP contribution in [-0.4, -0.2) is 29.8 Å². The lowest BCUT2D eigenvalue weighted by atomic mass is 9.88. The van der Waals surface area contributed by atoms with Crippen LogP contribution in [-0.2, 0) is 4.79 Å². The van der Waals surface area contributed by atoms with E-state index >= 15 is 0 Å². The second kappa shape index (κ2) is 8.31. The fourth-order valence-corrected chi connectivity index (χ4v) is 3.59. The first-order valence-electron chi connectivity index (χ1n) is 6.94. The molecule has 1 N–H and O–H groups in total. The number of nitrogens with one attached hydrogen (secondary N) is 1. The van der Waals surface area contributed by atoms with Gasteiger partial charge in [-0.2, -0.15) is 11.8 Å². The summed E-state index contributed by atoms with van der Waals surface area (Å²) in [6.45, 7) is 5.15. The zero-order chi connectivity index (χ0) is 13.4. The molecule has 1 fully saturated rings. The van der Waals surface area contributed by atoms with E-state index in [4.69, 9.17) is 11.6 Å². The van der Waals surface area contributed by atoms with Gasteiger partial charge < -0.3 is 5.32 Å². The highest BCUT2D eigenvalue weighted by Crippen LogP contribution is 2.25. The molecule has 2 nitrogen and oxygen atoms in total. The van der Waals surface area contributed by atoms with E-state index in [2.05, 4.69) is 19.2 Å². The maximum Gasteiger partial charge on any atom is 0.220 e. The highest BCUT2D eigenvalue weighted by molar-refractivity contribution is 7.99. The molecular weight excluding hydrogens is 266 g/mol. The third kappa shape index (κ3) is 6.89. The van der Waals surface area contributed by atoms with Gasteiger partial charge in [0.2, 0.25) is 5.91 Å². The first kappa shape index (κ1) is 16.2. The van der Waals surface area contributed by atoms with E-state index in [0.29, 0.717) is 18.2 Å². The van der Waals surface area contributed by atoms with Gasteiger partial charge in [0.15, 0.2) is 0 Å². The van der Waals surface area contributed by atoms with Gasteiger partial charge in [-0.05, 0) is 48.5 Å². The maximum atomic E-state index is 11.9. The molecule has 0 aliphatic carbocycles. The Morgan fingerprint density at radius 3 is 2.67 bits per heavy atom. The van der Waals surface area contributed by atoms with Crippen molar-refractivity contribution in [3.63, 3.8) is 0 Å². The quantitative estimate of drug-likeness (QED) is 0.725. The van der Waals surface area contributed by atoms with Gasteiger partial charge in [0.1, 0.15) is 0 Å². The molecule has 0 unspecified atom stereocenters. The summed E-state index contributed by atoms with van der Waals surface area (Å²) in [5.41, 5.74) is 0.160. The van der Waals surface area contributed by atoms with Crippen LogP contribution in [0.4, 0.5) is 0 Å². The van der Waals surface area contributed by atoms with Crippen LogP contribution in [0.3, 0.4) is 0 Å². The van der Waals surface area contributed by atoms with Gasteiger partial charge in [-0.15, -0.1) is 11.6 Å². The van der Waals surface area contributed by atoms with Crippen molar-refractivity contribution < 1.29 is 4.79 Å². The zero-order valence-corrected chi connectivity index (χ0v) is 13.2. The minimum atomic E-state index is 0.160. The molecule has 4 heteroatoms. The van der Waals surface area contributed by atoms with Gasteiger partial charge in [-0.25, -0.2) is 0 Å². The fourth-order valence-electron chi connectivity index (χ4n) is 2.26. The Kier molecular flexibility index (Phi) is 7.47. The fraction of sp³-hybridized carbons (Fsp3) is 0.929. The largest absolute Gasteiger partial charge is 0.356 e. The molecule has 0 spiro atoms. The van der Waals surface area contributed by atoms with Crippen LogP contribution in [0.1, 0.15) is 46.0 Å². The third-order valence-electron chi connectivity index (χ3n) is 3.57. The molecule has 0 aromatic rings. The molecule has 0 atom stereocenters. The second-order valence-corrected chi connectivity index (χ2v) is 7.60. The number of hydrogen-bond acceptors (Lipinski definition) is 2. The molecule has 1 saturated heterocycles. The van der Waals surface area contributed by atoms with Gasteiger partial charge in [0.25, 0.3) is 0 Å². The van der Waals surface area contributed by atoms with Gasteiger partial charge >= 0.3 is 0 Å². The van der Waals surface area contributed by atoms with Gasteiger partial charge in [0.05, 0.1) is 0 Å². The Morgan fingerprint density at radius 2 is 2.06 bits per heavy atom. The van der Waals surface area contributed by atoms with Crippen LogP contribution >= 0.6 is 23.4 Å². The minimum Gasteiger partial charge on any atom is -0.356 e. The number of carbonyl (C=O) groups excluding carboxylic acids is 1. The van der Waals surface area contributed by atoms with E-state index in [9.17, 15) is 4.79 Å². The van der Waals surface area contributed by atoms with Crippen molar-refractivity contribution in [2.75, 3.05) is 23.9 Å². The molecule has 1 amide bonds. The molecule has 1 rings (SSSR count). The first-order valence-corrected chi connectivity index (χ1v) is 8.63. The van der Waals surface area contributed by atoms with Crippen molar-refractivity contribution in [1.29, 1.82) is 0 Å². The Hall–Kier alpha value is 0.110. The number of amides is 1. The molecule has 0 bridgehead atoms. The summed E-state index contributed by atoms with van der Waals surface area (Å²) in [6.07, 6.45) is 5.20. The van der Waals surface area contributed by atoms with E-state index in [-0.39, 0.29) is 11.3 Å². The molecule has 1 aliphatic heterocycles. The van der Waals surface area contributed by atoms with E-state index in [0.717, 1.165) is 19.4 Å². The van der Waals surface area contributed by atoms with Crippen LogP contribution < -0.4 is 5.32 Å². The number of halogens is 1. The lowest BCUT2D eigenvalue weighted by Gasteiger charge is -2.26. The smallest absolute Gasteiger partial charge is 0.220 e. The standard InChI is InChI=1S/C14H26ClNOS/c1-14(2,6-3-7-15)11-16-13(17)10-12-4-8-18-9-5-12/h12H,3-11H2,1-2H3,(H,16,17). The second-order valence-electron chi connectivity index (χ2n) is 5.99. The molecular formula is C14H26ClNOS. The van der Waals surface area contributed by atoms with Gasteiger partial charge in [-0.1, -0.05) is 13.8 Å². The lowest BCUT2D eigenvalue weighted by Crippen LogP contribution is -2.35. The van der Waals surface area contributed by atoms with Crippen LogP contribution in [0.15, 0.2) is 0 Å². The summed E-state index contributed by atoms with van der Waals surface area (Å²) in [5.74, 6) is 3.98. The number of thioether (sulfide) groups is 1. The molecule has 106 valence electrons. The Morgan fingerprint density at radius 1 is 1.39 bits per heavy atom. The van der Waals surface area contributed by atoms with Crippen molar-refractivity contribution in [3.8, 4) is 0 Å². The first-order chi connectivity index (χ1) is 8.53. The summed E-state index contributed by atoms with van der Waals surface area (Å²) >= 11 is 7.72. The number of alkyl halides is 1. The van der Waals surface area contributed by atoms with E-state index in [1.807, 2.05) is 11.8 Å². The van der Waals surface area contributed by atoms with E-state index in [1.165, 1.54) is 24.3 Å². The lowest BCUT2D eigenvalue weighted by molar-refractivity contribution is -0.122. The van der Waals surface area contributed by atoms with Crippen LogP contribution in [0.2, 0.25) is 0 Å². The Bertz CT molecular complexity index is 252. The Labute approximate surface area is 121 Å². The average Bonchev–Trinajstić information content (AvgIpc) is 2.36. The summed E-state index contributed by atoms with van der Waals surface area (Å²) < 4.78 is 0. The molecule has 0 aromatic heterocycles. The van der Waals surface area contributed by atoms with Crippen molar-refractivity contribution in [2.45, 2.75) is 46.0 Å². The molecule has 0 saturated carbocycles. The number of carbonyl (C=O) groups is 1. The topological polar surface area (TPSA) is 29.1 Å². The van der Waals surface area contributed by atoms with Crippen LogP contribution in [0.25, 0.3) is 0 Å². The van der Waals surface area contributed by atoms with Crippen molar-refractivity contribution in [1.82, 2.24) is 5.32 Å². The summed E-state index contributed by atoms with van der Waals surface area (Å²) in [4.78, 5) is 11.9. The summed E-state index contributed by atoms with van der Waals surface area (Å²) in [5, 5.41) is 3.09. The minimum absolute atomic E-state index is 0.160. The third-order valence-corrected chi connectivity index (χ3v) is 4.88. The van der Waals surface area contributed by atoms with Gasteiger partial charge in [0, 0.05) is 18.8 Å². The van der Waals surface area contributed by atoms with Crippen molar-refractivity contribution in [2.24, 2.45) is 11.3 Å². The van der Waals surface area contributed by atoms with Crippen molar-refractivity contribution >= 4 is 29.3 Å². The van der Waals surface area contributed by atoms with Gasteiger partial charge in [-0.3, -0.25) is 4.79 Å². The molecule has 1 heterocycles. The normalized spacial score (nSPS) is 17.7. The van der Waals surface area contributed by atoms with Crippen LogP contribution in [0.5, 0.6) is 0 Å². The summed E-state index contributed by atoms with van der Waals surface area (Å²) in [6, 6.07) is 0. The SMILES string of the molecule is CC(C)(CCCCl)CNC(=O)CC1CCSCC1. The predicted molar refractivity (Wildman–Crippen MR) is 81.4 cm³/mol. The van der Waals surface area contributed by atoms with Crippen LogP contribution in [0, 0.1) is 11.3 Å². The zero-order valence-electron chi connectivity index (χ0n) is 11.6. The van der Waals surface area contributed by atoms with E-state index in [1.54, 1.807) is 0 Å². The van der Waals surface area contributed by atoms with Crippen molar-refractivity contribution in [3.05, 3.63) is 0 Å². The molecule has 18 heavy (non-hydrogen) atoms. The Balaban J connectivity index is 2.19. The highest BCUT2D eigenvalue weighted by Gasteiger charge is 2.21. The maximum absolute atomic E-state index is 11.9. The van der Waals surface area contributed by atoms with E-state index < -0.39 is 0 Å². The highest BCUT2D eigenvalue weighted by atomic mass is 35.5. The average molecular weight is 292 g/mol. The molecule has 0 aromatic carbocycles. The summed E-state index contributed by atoms with van der Waals surface area (Å²) in [7, 11) is 0. The number of rotatable bonds is 7.